The van der Waals surface area contributed by atoms with Gasteiger partial charge in [-0.2, -0.15) is 13.8 Å². The molecule has 0 aliphatic heterocycles. The number of rotatable bonds is 4. The molecule has 2 aromatic heterocycles. The second-order valence-corrected chi connectivity index (χ2v) is 4.70. The molecule has 0 spiro atoms. The van der Waals surface area contributed by atoms with Crippen LogP contribution in [0.3, 0.4) is 0 Å². The molecule has 2 heterocycles. The molecule has 0 aromatic carbocycles. The normalized spacial score (nSPS) is 10.6. The quantitative estimate of drug-likeness (QED) is 0.371. The fraction of sp³-hybridized carbons (Fsp3) is 0.167. The smallest absolute Gasteiger partial charge is 0.341 e. The summed E-state index contributed by atoms with van der Waals surface area (Å²) in [6.45, 7) is 1.77. The highest BCUT2D eigenvalue weighted by Crippen LogP contribution is 2.31. The number of esters is 1. The maximum atomic E-state index is 13.4. The third-order valence-corrected chi connectivity index (χ3v) is 3.25. The summed E-state index contributed by atoms with van der Waals surface area (Å²) in [4.78, 5) is 20.2. The number of nitrogens with zero attached hydrogens (tertiary/aromatic N) is 3. The first-order valence-electron chi connectivity index (χ1n) is 5.81. The van der Waals surface area contributed by atoms with Crippen LogP contribution in [0, 0.1) is 23.5 Å². The lowest BCUT2D eigenvalue weighted by molar-refractivity contribution is 0.0525. The summed E-state index contributed by atoms with van der Waals surface area (Å²) >= 11 is 0.259. The zero-order valence-corrected chi connectivity index (χ0v) is 11.8. The molecule has 2 rings (SSSR count). The molecule has 5 nitrogen and oxygen atoms in total. The number of carbonyl (C=O) groups is 1. The van der Waals surface area contributed by atoms with Gasteiger partial charge >= 0.3 is 5.97 Å². The zero-order chi connectivity index (χ0) is 16.3. The van der Waals surface area contributed by atoms with Crippen molar-refractivity contribution >= 4 is 17.7 Å². The number of hydrogen-bond acceptors (Lipinski definition) is 6. The summed E-state index contributed by atoms with van der Waals surface area (Å²) in [5.41, 5.74) is 0.0271. The standard InChI is InChI=1S/C12H7F4N3O2S/c1-2-21-11(20)5-3-17-12(18-4-5)22-8-6(13)9(15)19-10(16)7(8)14/h3-4H,2H2,1H3. The van der Waals surface area contributed by atoms with Crippen LogP contribution in [0.15, 0.2) is 22.4 Å². The molecule has 0 saturated heterocycles. The topological polar surface area (TPSA) is 65.0 Å². The third kappa shape index (κ3) is 3.32. The van der Waals surface area contributed by atoms with E-state index >= 15 is 0 Å². The van der Waals surface area contributed by atoms with Crippen LogP contribution < -0.4 is 0 Å². The Balaban J connectivity index is 2.27. The van der Waals surface area contributed by atoms with Crippen LogP contribution in [0.5, 0.6) is 0 Å². The van der Waals surface area contributed by atoms with Crippen molar-refractivity contribution in [2.24, 2.45) is 0 Å². The van der Waals surface area contributed by atoms with E-state index in [1.807, 2.05) is 0 Å². The van der Waals surface area contributed by atoms with E-state index in [4.69, 9.17) is 4.74 Å². The molecule has 0 bridgehead atoms. The van der Waals surface area contributed by atoms with Gasteiger partial charge in [0.25, 0.3) is 11.9 Å². The molecule has 116 valence electrons. The summed E-state index contributed by atoms with van der Waals surface area (Å²) in [7, 11) is 0. The van der Waals surface area contributed by atoms with Gasteiger partial charge in [0.05, 0.1) is 17.1 Å². The summed E-state index contributed by atoms with van der Waals surface area (Å²) in [6, 6.07) is 0. The van der Waals surface area contributed by atoms with Crippen LogP contribution in [0.1, 0.15) is 17.3 Å². The molecular formula is C12H7F4N3O2S. The van der Waals surface area contributed by atoms with Crippen molar-refractivity contribution < 1.29 is 27.1 Å². The Labute approximate surface area is 125 Å². The second-order valence-electron chi connectivity index (χ2n) is 3.73. The lowest BCUT2D eigenvalue weighted by Crippen LogP contribution is -2.06. The van der Waals surface area contributed by atoms with Crippen LogP contribution in [-0.2, 0) is 4.74 Å². The lowest BCUT2D eigenvalue weighted by Gasteiger charge is -2.05. The van der Waals surface area contributed by atoms with E-state index in [1.54, 1.807) is 6.92 Å². The average molecular weight is 333 g/mol. The van der Waals surface area contributed by atoms with Gasteiger partial charge in [-0.05, 0) is 18.7 Å². The molecule has 0 N–H and O–H groups in total. The molecule has 0 atom stereocenters. The van der Waals surface area contributed by atoms with Gasteiger partial charge in [0, 0.05) is 12.4 Å². The number of carbonyl (C=O) groups excluding carboxylic acids is 1. The van der Waals surface area contributed by atoms with Crippen molar-refractivity contribution in [1.29, 1.82) is 0 Å². The average Bonchev–Trinajstić information content (AvgIpc) is 2.50. The van der Waals surface area contributed by atoms with E-state index in [1.165, 1.54) is 0 Å². The van der Waals surface area contributed by atoms with E-state index in [-0.39, 0.29) is 29.1 Å². The van der Waals surface area contributed by atoms with Crippen LogP contribution in [0.25, 0.3) is 0 Å². The van der Waals surface area contributed by atoms with Crippen LogP contribution in [0.4, 0.5) is 17.6 Å². The van der Waals surface area contributed by atoms with Crippen LogP contribution >= 0.6 is 11.8 Å². The van der Waals surface area contributed by atoms with Gasteiger partial charge in [-0.3, -0.25) is 0 Å². The maximum absolute atomic E-state index is 13.4. The van der Waals surface area contributed by atoms with E-state index in [2.05, 4.69) is 15.0 Å². The molecule has 0 amide bonds. The third-order valence-electron chi connectivity index (χ3n) is 2.29. The van der Waals surface area contributed by atoms with E-state index in [0.29, 0.717) is 0 Å². The largest absolute Gasteiger partial charge is 0.462 e. The maximum Gasteiger partial charge on any atom is 0.341 e. The van der Waals surface area contributed by atoms with Crippen molar-refractivity contribution in [3.05, 3.63) is 41.5 Å². The molecule has 0 saturated carbocycles. The number of pyridine rings is 1. The first-order valence-corrected chi connectivity index (χ1v) is 6.62. The fourth-order valence-electron chi connectivity index (χ4n) is 1.34. The molecule has 2 aromatic rings. The van der Waals surface area contributed by atoms with Crippen molar-refractivity contribution in [2.45, 2.75) is 17.0 Å². The highest BCUT2D eigenvalue weighted by molar-refractivity contribution is 7.99. The highest BCUT2D eigenvalue weighted by atomic mass is 32.2. The molecular weight excluding hydrogens is 326 g/mol. The van der Waals surface area contributed by atoms with E-state index in [9.17, 15) is 22.4 Å². The SMILES string of the molecule is CCOC(=O)c1cnc(Sc2c(F)c(F)nc(F)c2F)nc1. The monoisotopic (exact) mass is 333 g/mol. The van der Waals surface area contributed by atoms with Gasteiger partial charge < -0.3 is 4.74 Å². The van der Waals surface area contributed by atoms with E-state index in [0.717, 1.165) is 12.4 Å². The Morgan fingerprint density at radius 3 is 2.18 bits per heavy atom. The van der Waals surface area contributed by atoms with Crippen LogP contribution in [-0.4, -0.2) is 27.5 Å². The Morgan fingerprint density at radius 2 is 1.68 bits per heavy atom. The fourth-order valence-corrected chi connectivity index (χ4v) is 2.08. The van der Waals surface area contributed by atoms with Gasteiger partial charge in [-0.25, -0.2) is 23.5 Å². The minimum atomic E-state index is -1.77. The lowest BCUT2D eigenvalue weighted by atomic mass is 10.3. The van der Waals surface area contributed by atoms with Crippen molar-refractivity contribution in [1.82, 2.24) is 15.0 Å². The highest BCUT2D eigenvalue weighted by Gasteiger charge is 2.22. The Bertz CT molecular complexity index is 686. The van der Waals surface area contributed by atoms with E-state index < -0.39 is 34.4 Å². The van der Waals surface area contributed by atoms with Gasteiger partial charge in [0.1, 0.15) is 0 Å². The van der Waals surface area contributed by atoms with Gasteiger partial charge in [0.15, 0.2) is 16.8 Å². The molecule has 0 unspecified atom stereocenters. The van der Waals surface area contributed by atoms with Gasteiger partial charge in [-0.1, -0.05) is 0 Å². The minimum Gasteiger partial charge on any atom is -0.462 e. The summed E-state index contributed by atoms with van der Waals surface area (Å²) in [6.07, 6.45) is 2.13. The molecule has 0 fully saturated rings. The van der Waals surface area contributed by atoms with Crippen LogP contribution in [0.2, 0.25) is 0 Å². The summed E-state index contributed by atoms with van der Waals surface area (Å²) in [5, 5.41) is -0.212. The molecule has 0 aliphatic rings. The predicted molar refractivity (Wildman–Crippen MR) is 66.2 cm³/mol. The molecule has 10 heteroatoms. The Morgan fingerprint density at radius 1 is 1.14 bits per heavy atom. The first-order chi connectivity index (χ1) is 10.4. The Kier molecular flexibility index (Phi) is 4.91. The summed E-state index contributed by atoms with van der Waals surface area (Å²) < 4.78 is 57.5. The Hall–Kier alpha value is -2.23. The summed E-state index contributed by atoms with van der Waals surface area (Å²) in [5.74, 6) is -7.52. The molecule has 0 radical (unpaired) electrons. The van der Waals surface area contributed by atoms with Crippen molar-refractivity contribution in [3.63, 3.8) is 0 Å². The number of halogens is 4. The van der Waals surface area contributed by atoms with Crippen molar-refractivity contribution in [2.75, 3.05) is 6.61 Å². The van der Waals surface area contributed by atoms with Gasteiger partial charge in [0.2, 0.25) is 0 Å². The molecule has 22 heavy (non-hydrogen) atoms. The minimum absolute atomic E-state index is 0.0271. The second kappa shape index (κ2) is 6.69. The predicted octanol–water partition coefficient (Wildman–Crippen LogP) is 2.76. The van der Waals surface area contributed by atoms with Crippen molar-refractivity contribution in [3.8, 4) is 0 Å². The molecule has 0 aliphatic carbocycles. The number of aromatic nitrogens is 3. The number of hydrogen-bond donors (Lipinski definition) is 0. The first kappa shape index (κ1) is 16.1. The van der Waals surface area contributed by atoms with Gasteiger partial charge in [-0.15, -0.1) is 0 Å². The zero-order valence-electron chi connectivity index (χ0n) is 10.9. The number of ether oxygens (including phenoxy) is 1.